The van der Waals surface area contributed by atoms with E-state index in [4.69, 9.17) is 5.73 Å². The van der Waals surface area contributed by atoms with Crippen LogP contribution in [0.4, 0.5) is 5.69 Å². The first-order chi connectivity index (χ1) is 9.16. The highest BCUT2D eigenvalue weighted by molar-refractivity contribution is 5.47. The summed E-state index contributed by atoms with van der Waals surface area (Å²) in [5.41, 5.74) is 7.43. The number of rotatable bonds is 5. The number of nitrogen functional groups attached to an aromatic ring is 1. The summed E-state index contributed by atoms with van der Waals surface area (Å²) in [6, 6.07) is 7.58. The minimum atomic E-state index is -0.491. The number of nitrogens with zero attached hydrogens (tertiary/aromatic N) is 1. The molecule has 0 heterocycles. The number of aliphatic hydroxyl groups excluding tert-OH is 1. The van der Waals surface area contributed by atoms with E-state index in [0.29, 0.717) is 12.2 Å². The van der Waals surface area contributed by atoms with E-state index in [0.717, 1.165) is 18.0 Å². The molecule has 1 fully saturated rings. The molecular formula is C16H26N2O. The lowest BCUT2D eigenvalue weighted by molar-refractivity contribution is 0.113. The molecule has 0 saturated heterocycles. The van der Waals surface area contributed by atoms with Gasteiger partial charge in [0.2, 0.25) is 0 Å². The number of benzene rings is 1. The van der Waals surface area contributed by atoms with Crippen LogP contribution in [0.15, 0.2) is 24.3 Å². The molecule has 3 heteroatoms. The van der Waals surface area contributed by atoms with Crippen LogP contribution in [0.3, 0.4) is 0 Å². The molecule has 0 aromatic heterocycles. The average Bonchev–Trinajstić information content (AvgIpc) is 2.40. The largest absolute Gasteiger partial charge is 0.398 e. The Labute approximate surface area is 116 Å². The van der Waals surface area contributed by atoms with Gasteiger partial charge >= 0.3 is 0 Å². The maximum atomic E-state index is 10.3. The third-order valence-corrected chi connectivity index (χ3v) is 4.13. The van der Waals surface area contributed by atoms with E-state index in [-0.39, 0.29) is 0 Å². The Morgan fingerprint density at radius 3 is 2.63 bits per heavy atom. The van der Waals surface area contributed by atoms with Crippen molar-refractivity contribution in [3.63, 3.8) is 0 Å². The Morgan fingerprint density at radius 1 is 1.26 bits per heavy atom. The second-order valence-electron chi connectivity index (χ2n) is 5.87. The summed E-state index contributed by atoms with van der Waals surface area (Å²) >= 11 is 0. The Balaban J connectivity index is 1.84. The number of aliphatic hydroxyl groups is 1. The highest BCUT2D eigenvalue weighted by atomic mass is 16.3. The summed E-state index contributed by atoms with van der Waals surface area (Å²) in [4.78, 5) is 2.24. The second kappa shape index (κ2) is 6.92. The van der Waals surface area contributed by atoms with Crippen molar-refractivity contribution < 1.29 is 5.11 Å². The zero-order valence-corrected chi connectivity index (χ0v) is 11.9. The van der Waals surface area contributed by atoms with Crippen LogP contribution in [0.1, 0.15) is 43.8 Å². The summed E-state index contributed by atoms with van der Waals surface area (Å²) in [5, 5.41) is 10.3. The van der Waals surface area contributed by atoms with Crippen molar-refractivity contribution in [1.29, 1.82) is 0 Å². The lowest BCUT2D eigenvalue weighted by Gasteiger charge is -2.28. The Kier molecular flexibility index (Phi) is 5.23. The molecule has 1 aliphatic rings. The predicted octanol–water partition coefficient (Wildman–Crippen LogP) is 2.81. The molecule has 0 amide bonds. The zero-order valence-electron chi connectivity index (χ0n) is 11.9. The molecule has 1 aromatic rings. The molecule has 0 radical (unpaired) electrons. The van der Waals surface area contributed by atoms with Crippen molar-refractivity contribution in [1.82, 2.24) is 4.90 Å². The molecule has 1 unspecified atom stereocenters. The zero-order chi connectivity index (χ0) is 13.7. The van der Waals surface area contributed by atoms with Crippen molar-refractivity contribution in [3.05, 3.63) is 29.8 Å². The maximum Gasteiger partial charge on any atom is 0.0936 e. The van der Waals surface area contributed by atoms with E-state index in [1.807, 2.05) is 24.3 Å². The summed E-state index contributed by atoms with van der Waals surface area (Å²) in [7, 11) is 2.09. The number of nitrogens with two attached hydrogens (primary N) is 1. The molecule has 106 valence electrons. The fourth-order valence-corrected chi connectivity index (χ4v) is 3.09. The predicted molar refractivity (Wildman–Crippen MR) is 79.9 cm³/mol. The van der Waals surface area contributed by atoms with Gasteiger partial charge < -0.3 is 15.7 Å². The number of anilines is 1. The van der Waals surface area contributed by atoms with Crippen molar-refractivity contribution in [2.75, 3.05) is 25.9 Å². The molecule has 0 aliphatic heterocycles. The van der Waals surface area contributed by atoms with Crippen LogP contribution in [0.25, 0.3) is 0 Å². The van der Waals surface area contributed by atoms with Gasteiger partial charge in [0.05, 0.1) is 6.10 Å². The van der Waals surface area contributed by atoms with Crippen molar-refractivity contribution in [3.8, 4) is 0 Å². The van der Waals surface area contributed by atoms with Crippen LogP contribution in [-0.4, -0.2) is 30.1 Å². The molecule has 0 spiro atoms. The molecule has 0 bridgehead atoms. The van der Waals surface area contributed by atoms with Crippen LogP contribution in [0.5, 0.6) is 0 Å². The van der Waals surface area contributed by atoms with E-state index < -0.39 is 6.10 Å². The summed E-state index contributed by atoms with van der Waals surface area (Å²) < 4.78 is 0. The quantitative estimate of drug-likeness (QED) is 0.802. The normalized spacial score (nSPS) is 18.7. The number of hydrogen-bond acceptors (Lipinski definition) is 3. The summed E-state index contributed by atoms with van der Waals surface area (Å²) in [5.74, 6) is 0.805. The minimum absolute atomic E-state index is 0.491. The van der Waals surface area contributed by atoms with Crippen LogP contribution < -0.4 is 5.73 Å². The SMILES string of the molecule is CN(CC1CCCCC1)CC(O)c1ccccc1N. The molecule has 19 heavy (non-hydrogen) atoms. The molecule has 3 N–H and O–H groups in total. The van der Waals surface area contributed by atoms with Gasteiger partial charge in [0, 0.05) is 24.3 Å². The third kappa shape index (κ3) is 4.22. The molecule has 1 saturated carbocycles. The van der Waals surface area contributed by atoms with Crippen molar-refractivity contribution in [2.45, 2.75) is 38.2 Å². The van der Waals surface area contributed by atoms with E-state index in [1.165, 1.54) is 32.1 Å². The van der Waals surface area contributed by atoms with Gasteiger partial charge in [-0.3, -0.25) is 0 Å². The third-order valence-electron chi connectivity index (χ3n) is 4.13. The van der Waals surface area contributed by atoms with Crippen LogP contribution >= 0.6 is 0 Å². The first kappa shape index (κ1) is 14.4. The average molecular weight is 262 g/mol. The Morgan fingerprint density at radius 2 is 1.95 bits per heavy atom. The smallest absolute Gasteiger partial charge is 0.0936 e. The number of para-hydroxylation sites is 1. The van der Waals surface area contributed by atoms with E-state index in [1.54, 1.807) is 0 Å². The van der Waals surface area contributed by atoms with Gasteiger partial charge in [-0.2, -0.15) is 0 Å². The van der Waals surface area contributed by atoms with Gasteiger partial charge in [0.15, 0.2) is 0 Å². The van der Waals surface area contributed by atoms with Gasteiger partial charge in [-0.15, -0.1) is 0 Å². The van der Waals surface area contributed by atoms with E-state index in [2.05, 4.69) is 11.9 Å². The fraction of sp³-hybridized carbons (Fsp3) is 0.625. The second-order valence-corrected chi connectivity index (χ2v) is 5.87. The topological polar surface area (TPSA) is 49.5 Å². The molecule has 1 aromatic carbocycles. The van der Waals surface area contributed by atoms with Crippen LogP contribution in [0, 0.1) is 5.92 Å². The fourth-order valence-electron chi connectivity index (χ4n) is 3.09. The highest BCUT2D eigenvalue weighted by Gasteiger charge is 2.18. The van der Waals surface area contributed by atoms with Crippen molar-refractivity contribution >= 4 is 5.69 Å². The minimum Gasteiger partial charge on any atom is -0.398 e. The molecule has 3 nitrogen and oxygen atoms in total. The van der Waals surface area contributed by atoms with Crippen LogP contribution in [0.2, 0.25) is 0 Å². The van der Waals surface area contributed by atoms with E-state index in [9.17, 15) is 5.11 Å². The molecular weight excluding hydrogens is 236 g/mol. The summed E-state index contributed by atoms with van der Waals surface area (Å²) in [6.45, 7) is 1.74. The van der Waals surface area contributed by atoms with Crippen molar-refractivity contribution in [2.24, 2.45) is 5.92 Å². The highest BCUT2D eigenvalue weighted by Crippen LogP contribution is 2.25. The number of hydrogen-bond donors (Lipinski definition) is 2. The number of likely N-dealkylation sites (N-methyl/N-ethyl adjacent to an activating group) is 1. The monoisotopic (exact) mass is 262 g/mol. The van der Waals surface area contributed by atoms with E-state index >= 15 is 0 Å². The Bertz CT molecular complexity index is 388. The Hall–Kier alpha value is -1.06. The molecule has 1 atom stereocenters. The maximum absolute atomic E-state index is 10.3. The van der Waals surface area contributed by atoms with Crippen LogP contribution in [-0.2, 0) is 0 Å². The van der Waals surface area contributed by atoms with Gasteiger partial charge in [0.1, 0.15) is 0 Å². The first-order valence-corrected chi connectivity index (χ1v) is 7.38. The van der Waals surface area contributed by atoms with Gasteiger partial charge in [0.25, 0.3) is 0 Å². The lowest BCUT2D eigenvalue weighted by Crippen LogP contribution is -2.31. The van der Waals surface area contributed by atoms with Gasteiger partial charge in [-0.1, -0.05) is 37.5 Å². The standard InChI is InChI=1S/C16H26N2O/c1-18(11-13-7-3-2-4-8-13)12-16(19)14-9-5-6-10-15(14)17/h5-6,9-10,13,16,19H,2-4,7-8,11-12,17H2,1H3. The van der Waals surface area contributed by atoms with Gasteiger partial charge in [-0.25, -0.2) is 0 Å². The molecule has 2 rings (SSSR count). The first-order valence-electron chi connectivity index (χ1n) is 7.38. The summed E-state index contributed by atoms with van der Waals surface area (Å²) in [6.07, 6.45) is 6.32. The van der Waals surface area contributed by atoms with Gasteiger partial charge in [-0.05, 0) is 31.9 Å². The molecule has 1 aliphatic carbocycles. The lowest BCUT2D eigenvalue weighted by atomic mass is 9.89.